The Balaban J connectivity index is 1.70. The molecule has 0 bridgehead atoms. The largest absolute Gasteiger partial charge is 0.481 e. The van der Waals surface area contributed by atoms with Gasteiger partial charge in [-0.2, -0.15) is 0 Å². The Morgan fingerprint density at radius 3 is 2.88 bits per heavy atom. The predicted molar refractivity (Wildman–Crippen MR) is 87.9 cm³/mol. The van der Waals surface area contributed by atoms with Crippen LogP contribution < -0.4 is 4.74 Å². The number of carbonyl (C=O) groups excluding carboxylic acids is 1. The molecule has 1 aliphatic rings. The summed E-state index contributed by atoms with van der Waals surface area (Å²) >= 11 is 0. The molecule has 0 spiro atoms. The van der Waals surface area contributed by atoms with E-state index in [1.165, 1.54) is 6.07 Å². The number of hydrogen-bond donors (Lipinski definition) is 1. The van der Waals surface area contributed by atoms with Crippen LogP contribution in [0, 0.1) is 11.6 Å². The van der Waals surface area contributed by atoms with Gasteiger partial charge in [-0.05, 0) is 48.2 Å². The Morgan fingerprint density at radius 2 is 2.12 bits per heavy atom. The summed E-state index contributed by atoms with van der Waals surface area (Å²) in [5, 5.41) is 9.16. The summed E-state index contributed by atoms with van der Waals surface area (Å²) in [7, 11) is 0. The van der Waals surface area contributed by atoms with Crippen molar-refractivity contribution >= 4 is 5.91 Å². The number of halogens is 2. The first-order chi connectivity index (χ1) is 12.0. The minimum absolute atomic E-state index is 0.112. The standard InChI is InChI=1S/C19H19F2NO3/c1-12(25-16-4-2-3-13(7-16)11-23)19(24)22-6-5-17-14(10-22)8-15(20)9-18(17)21/h2-4,7-9,12,23H,5-6,10-11H2,1H3. The maximum atomic E-state index is 13.8. The third kappa shape index (κ3) is 3.79. The van der Waals surface area contributed by atoms with Crippen LogP contribution in [0.3, 0.4) is 0 Å². The Morgan fingerprint density at radius 1 is 1.32 bits per heavy atom. The summed E-state index contributed by atoms with van der Waals surface area (Å²) < 4.78 is 32.9. The van der Waals surface area contributed by atoms with Crippen molar-refractivity contribution < 1.29 is 23.4 Å². The number of amides is 1. The molecule has 0 saturated heterocycles. The molecule has 4 nitrogen and oxygen atoms in total. The fourth-order valence-electron chi connectivity index (χ4n) is 3.03. The van der Waals surface area contributed by atoms with Crippen molar-refractivity contribution in [3.8, 4) is 5.75 Å². The number of fused-ring (bicyclic) bond motifs is 1. The number of nitrogens with zero attached hydrogens (tertiary/aromatic N) is 1. The summed E-state index contributed by atoms with van der Waals surface area (Å²) in [5.74, 6) is -0.963. The lowest BCUT2D eigenvalue weighted by molar-refractivity contribution is -0.138. The lowest BCUT2D eigenvalue weighted by atomic mass is 9.98. The van der Waals surface area contributed by atoms with Gasteiger partial charge in [0.05, 0.1) is 6.61 Å². The number of benzene rings is 2. The minimum Gasteiger partial charge on any atom is -0.481 e. The van der Waals surface area contributed by atoms with E-state index >= 15 is 0 Å². The Labute approximate surface area is 144 Å². The van der Waals surface area contributed by atoms with Crippen LogP contribution in [-0.4, -0.2) is 28.6 Å². The molecule has 2 aromatic carbocycles. The predicted octanol–water partition coefficient (Wildman–Crippen LogP) is 2.81. The van der Waals surface area contributed by atoms with E-state index in [1.807, 2.05) is 0 Å². The maximum absolute atomic E-state index is 13.8. The smallest absolute Gasteiger partial charge is 0.263 e. The summed E-state index contributed by atoms with van der Waals surface area (Å²) in [6.07, 6.45) is -0.395. The van der Waals surface area contributed by atoms with E-state index in [1.54, 1.807) is 36.1 Å². The van der Waals surface area contributed by atoms with E-state index in [0.717, 1.165) is 6.07 Å². The summed E-state index contributed by atoms with van der Waals surface area (Å²) in [6.45, 7) is 2.04. The van der Waals surface area contributed by atoms with Gasteiger partial charge in [0.15, 0.2) is 6.10 Å². The highest BCUT2D eigenvalue weighted by molar-refractivity contribution is 5.81. The minimum atomic E-state index is -0.742. The Bertz CT molecular complexity index is 794. The Hall–Kier alpha value is -2.47. The number of rotatable bonds is 4. The van der Waals surface area contributed by atoms with Crippen LogP contribution in [0.1, 0.15) is 23.6 Å². The average molecular weight is 347 g/mol. The maximum Gasteiger partial charge on any atom is 0.263 e. The molecule has 132 valence electrons. The van der Waals surface area contributed by atoms with Gasteiger partial charge in [0.1, 0.15) is 17.4 Å². The van der Waals surface area contributed by atoms with E-state index in [9.17, 15) is 13.6 Å². The zero-order valence-corrected chi connectivity index (χ0v) is 13.8. The highest BCUT2D eigenvalue weighted by Crippen LogP contribution is 2.24. The molecular formula is C19H19F2NO3. The fourth-order valence-corrected chi connectivity index (χ4v) is 3.03. The van der Waals surface area contributed by atoms with Crippen molar-refractivity contribution in [1.82, 2.24) is 4.90 Å². The number of aliphatic hydroxyl groups is 1. The SMILES string of the molecule is CC(Oc1cccc(CO)c1)C(=O)N1CCc2c(F)cc(F)cc2C1. The molecule has 25 heavy (non-hydrogen) atoms. The molecule has 2 aromatic rings. The van der Waals surface area contributed by atoms with Gasteiger partial charge in [0, 0.05) is 19.2 Å². The molecule has 1 heterocycles. The molecule has 6 heteroatoms. The van der Waals surface area contributed by atoms with E-state index < -0.39 is 17.7 Å². The van der Waals surface area contributed by atoms with Crippen LogP contribution in [0.2, 0.25) is 0 Å². The first-order valence-corrected chi connectivity index (χ1v) is 8.10. The molecule has 1 unspecified atom stereocenters. The molecule has 1 aliphatic heterocycles. The molecular weight excluding hydrogens is 328 g/mol. The van der Waals surface area contributed by atoms with E-state index in [-0.39, 0.29) is 19.1 Å². The zero-order chi connectivity index (χ0) is 18.0. The van der Waals surface area contributed by atoms with Crippen molar-refractivity contribution in [2.24, 2.45) is 0 Å². The Kier molecular flexibility index (Phi) is 4.99. The van der Waals surface area contributed by atoms with Gasteiger partial charge in [0.25, 0.3) is 5.91 Å². The second-order valence-corrected chi connectivity index (χ2v) is 6.10. The van der Waals surface area contributed by atoms with Crippen molar-refractivity contribution in [1.29, 1.82) is 0 Å². The quantitative estimate of drug-likeness (QED) is 0.925. The third-order valence-corrected chi connectivity index (χ3v) is 4.30. The molecule has 1 N–H and O–H groups in total. The van der Waals surface area contributed by atoms with Crippen LogP contribution in [-0.2, 0) is 24.4 Å². The topological polar surface area (TPSA) is 49.8 Å². The molecule has 0 saturated carbocycles. The molecule has 0 radical (unpaired) electrons. The van der Waals surface area contributed by atoms with Crippen LogP contribution in [0.4, 0.5) is 8.78 Å². The van der Waals surface area contributed by atoms with Gasteiger partial charge in [-0.15, -0.1) is 0 Å². The second kappa shape index (κ2) is 7.19. The van der Waals surface area contributed by atoms with Gasteiger partial charge < -0.3 is 14.7 Å². The van der Waals surface area contributed by atoms with Crippen molar-refractivity contribution in [2.45, 2.75) is 32.6 Å². The molecule has 3 rings (SSSR count). The number of hydrogen-bond acceptors (Lipinski definition) is 3. The molecule has 0 aliphatic carbocycles. The summed E-state index contributed by atoms with van der Waals surface area (Å²) in [6, 6.07) is 9.01. The number of ether oxygens (including phenoxy) is 1. The number of aliphatic hydroxyl groups excluding tert-OH is 1. The number of carbonyl (C=O) groups is 1. The van der Waals surface area contributed by atoms with Gasteiger partial charge >= 0.3 is 0 Å². The lowest BCUT2D eigenvalue weighted by Gasteiger charge is -2.31. The highest BCUT2D eigenvalue weighted by Gasteiger charge is 2.27. The van der Waals surface area contributed by atoms with Crippen LogP contribution in [0.25, 0.3) is 0 Å². The van der Waals surface area contributed by atoms with Crippen molar-refractivity contribution in [3.05, 3.63) is 64.7 Å². The monoisotopic (exact) mass is 347 g/mol. The second-order valence-electron chi connectivity index (χ2n) is 6.10. The van der Waals surface area contributed by atoms with E-state index in [0.29, 0.717) is 35.4 Å². The van der Waals surface area contributed by atoms with Crippen LogP contribution in [0.15, 0.2) is 36.4 Å². The third-order valence-electron chi connectivity index (χ3n) is 4.30. The van der Waals surface area contributed by atoms with Gasteiger partial charge in [-0.25, -0.2) is 8.78 Å². The summed E-state index contributed by atoms with van der Waals surface area (Å²) in [5.41, 5.74) is 1.65. The van der Waals surface area contributed by atoms with Crippen molar-refractivity contribution in [3.63, 3.8) is 0 Å². The fraction of sp³-hybridized carbons (Fsp3) is 0.316. The molecule has 1 atom stereocenters. The van der Waals surface area contributed by atoms with Gasteiger partial charge in [-0.3, -0.25) is 4.79 Å². The van der Waals surface area contributed by atoms with E-state index in [4.69, 9.17) is 9.84 Å². The molecule has 0 aromatic heterocycles. The lowest BCUT2D eigenvalue weighted by Crippen LogP contribution is -2.43. The van der Waals surface area contributed by atoms with Gasteiger partial charge in [-0.1, -0.05) is 12.1 Å². The normalized spacial score (nSPS) is 14.8. The zero-order valence-electron chi connectivity index (χ0n) is 13.8. The van der Waals surface area contributed by atoms with Crippen molar-refractivity contribution in [2.75, 3.05) is 6.54 Å². The highest BCUT2D eigenvalue weighted by atomic mass is 19.1. The first-order valence-electron chi connectivity index (χ1n) is 8.10. The van der Waals surface area contributed by atoms with Crippen LogP contribution in [0.5, 0.6) is 5.75 Å². The van der Waals surface area contributed by atoms with E-state index in [2.05, 4.69) is 0 Å². The first kappa shape index (κ1) is 17.4. The summed E-state index contributed by atoms with van der Waals surface area (Å²) in [4.78, 5) is 14.1. The average Bonchev–Trinajstić information content (AvgIpc) is 2.60. The van der Waals surface area contributed by atoms with Gasteiger partial charge in [0.2, 0.25) is 0 Å². The molecule has 1 amide bonds. The molecule has 0 fully saturated rings. The van der Waals surface area contributed by atoms with Crippen LogP contribution >= 0.6 is 0 Å².